The van der Waals surface area contributed by atoms with Crippen LogP contribution in [0.5, 0.6) is 0 Å². The number of alkyl halides is 3. The Labute approximate surface area is 162 Å². The molecule has 0 fully saturated rings. The fourth-order valence-electron chi connectivity index (χ4n) is 4.20. The minimum atomic E-state index is -4.41. The van der Waals surface area contributed by atoms with Crippen molar-refractivity contribution in [3.05, 3.63) is 77.5 Å². The maximum atomic E-state index is 12.9. The lowest BCUT2D eigenvalue weighted by Crippen LogP contribution is -2.05. The summed E-state index contributed by atoms with van der Waals surface area (Å²) >= 11 is 0. The third kappa shape index (κ3) is 2.27. The Bertz CT molecular complexity index is 1470. The summed E-state index contributed by atoms with van der Waals surface area (Å²) in [4.78, 5) is 4.05. The van der Waals surface area contributed by atoms with Gasteiger partial charge in [0.2, 0.25) is 0 Å². The van der Waals surface area contributed by atoms with Gasteiger partial charge in [-0.25, -0.2) is 0 Å². The molecule has 5 heteroatoms. The van der Waals surface area contributed by atoms with Gasteiger partial charge in [-0.1, -0.05) is 42.5 Å². The zero-order valence-corrected chi connectivity index (χ0v) is 14.9. The number of aromatic nitrogens is 1. The predicted octanol–water partition coefficient (Wildman–Crippen LogP) is 7.30. The number of halogens is 3. The van der Waals surface area contributed by atoms with Crippen molar-refractivity contribution in [2.75, 3.05) is 0 Å². The standard InChI is InChI=1S/C24H12F3NO/c25-24(26,27)15-8-10-19(28-12-15)16-5-2-6-18-22-17-9-7-13-3-1-4-14(21(13)17)11-20(22)29-23(16)18/h1-12H. The summed E-state index contributed by atoms with van der Waals surface area (Å²) in [6.07, 6.45) is 0.639. The van der Waals surface area contributed by atoms with Gasteiger partial charge in [0.05, 0.1) is 11.3 Å². The van der Waals surface area contributed by atoms with Crippen LogP contribution in [0.15, 0.2) is 65.2 Å². The average Bonchev–Trinajstić information content (AvgIpc) is 3.30. The first-order chi connectivity index (χ1) is 14.0. The molecule has 5 aromatic rings. The van der Waals surface area contributed by atoms with Crippen LogP contribution in [0.4, 0.5) is 13.2 Å². The van der Waals surface area contributed by atoms with Gasteiger partial charge in [-0.2, -0.15) is 13.2 Å². The van der Waals surface area contributed by atoms with Crippen molar-refractivity contribution in [3.8, 4) is 11.3 Å². The molecule has 6 rings (SSSR count). The Balaban J connectivity index is 1.64. The minimum Gasteiger partial charge on any atom is -0.455 e. The zero-order valence-electron chi connectivity index (χ0n) is 14.9. The van der Waals surface area contributed by atoms with E-state index in [0.29, 0.717) is 16.8 Å². The molecule has 0 unspecified atom stereocenters. The van der Waals surface area contributed by atoms with Crippen LogP contribution in [0.2, 0.25) is 0 Å². The molecule has 0 saturated heterocycles. The van der Waals surface area contributed by atoms with Crippen molar-refractivity contribution < 1.29 is 17.6 Å². The summed E-state index contributed by atoms with van der Waals surface area (Å²) in [5.74, 6) is 0. The van der Waals surface area contributed by atoms with Gasteiger partial charge in [-0.3, -0.25) is 4.98 Å². The molecular formula is C24H12F3NO. The molecule has 2 nitrogen and oxygen atoms in total. The van der Waals surface area contributed by atoms with E-state index in [4.69, 9.17) is 4.42 Å². The number of nitrogens with zero attached hydrogens (tertiary/aromatic N) is 1. The van der Waals surface area contributed by atoms with Gasteiger partial charge in [0.25, 0.3) is 0 Å². The summed E-state index contributed by atoms with van der Waals surface area (Å²) in [5.41, 5.74) is 4.02. The highest BCUT2D eigenvalue weighted by Crippen LogP contribution is 2.43. The predicted molar refractivity (Wildman–Crippen MR) is 108 cm³/mol. The van der Waals surface area contributed by atoms with Crippen molar-refractivity contribution in [3.63, 3.8) is 0 Å². The molecule has 0 saturated carbocycles. The Morgan fingerprint density at radius 3 is 2.52 bits per heavy atom. The Kier molecular flexibility index (Phi) is 3.09. The van der Waals surface area contributed by atoms with Crippen molar-refractivity contribution in [1.29, 1.82) is 0 Å². The van der Waals surface area contributed by atoms with Crippen molar-refractivity contribution in [2.24, 2.45) is 0 Å². The fourth-order valence-corrected chi connectivity index (χ4v) is 4.20. The lowest BCUT2D eigenvalue weighted by molar-refractivity contribution is -0.137. The lowest BCUT2D eigenvalue weighted by atomic mass is 9.98. The molecule has 1 aliphatic carbocycles. The first-order valence-electron chi connectivity index (χ1n) is 9.13. The van der Waals surface area contributed by atoms with Gasteiger partial charge < -0.3 is 4.42 Å². The smallest absolute Gasteiger partial charge is 0.417 e. The largest absolute Gasteiger partial charge is 0.455 e. The SMILES string of the molecule is FC(F)(F)c1ccc(-c2cccc3c2oc2cc4cccc5c4c(c23)C=C5)nc1. The number of pyridine rings is 1. The van der Waals surface area contributed by atoms with E-state index in [2.05, 4.69) is 29.3 Å². The van der Waals surface area contributed by atoms with Crippen LogP contribution in [0.25, 0.3) is 56.1 Å². The molecule has 2 aromatic heterocycles. The molecule has 140 valence electrons. The number of hydrogen-bond donors (Lipinski definition) is 0. The van der Waals surface area contributed by atoms with Crippen molar-refractivity contribution in [1.82, 2.24) is 4.98 Å². The van der Waals surface area contributed by atoms with E-state index in [-0.39, 0.29) is 0 Å². The third-order valence-electron chi connectivity index (χ3n) is 5.49. The molecule has 0 atom stereocenters. The fraction of sp³-hybridized carbons (Fsp3) is 0.0417. The molecule has 0 spiro atoms. The number of benzene rings is 3. The highest BCUT2D eigenvalue weighted by Gasteiger charge is 2.30. The van der Waals surface area contributed by atoms with E-state index in [9.17, 15) is 13.2 Å². The molecule has 1 aliphatic rings. The van der Waals surface area contributed by atoms with Crippen LogP contribution in [0.1, 0.15) is 16.7 Å². The molecule has 0 N–H and O–H groups in total. The molecule has 0 bridgehead atoms. The number of fused-ring (bicyclic) bond motifs is 4. The van der Waals surface area contributed by atoms with Gasteiger partial charge in [0.1, 0.15) is 11.2 Å². The van der Waals surface area contributed by atoms with Gasteiger partial charge in [-0.05, 0) is 46.2 Å². The van der Waals surface area contributed by atoms with Crippen LogP contribution in [-0.4, -0.2) is 4.98 Å². The summed E-state index contributed by atoms with van der Waals surface area (Å²) in [6.45, 7) is 0. The number of para-hydroxylation sites is 1. The Morgan fingerprint density at radius 1 is 0.862 bits per heavy atom. The second-order valence-corrected chi connectivity index (χ2v) is 7.16. The average molecular weight is 387 g/mol. The Hall–Kier alpha value is -3.60. The molecule has 0 radical (unpaired) electrons. The number of rotatable bonds is 1. The molecular weight excluding hydrogens is 375 g/mol. The highest BCUT2D eigenvalue weighted by molar-refractivity contribution is 6.21. The maximum Gasteiger partial charge on any atom is 0.417 e. The second kappa shape index (κ2) is 5.47. The van der Waals surface area contributed by atoms with E-state index in [0.717, 1.165) is 39.6 Å². The molecule has 0 aliphatic heterocycles. The third-order valence-corrected chi connectivity index (χ3v) is 5.49. The van der Waals surface area contributed by atoms with Crippen molar-refractivity contribution in [2.45, 2.75) is 6.18 Å². The molecule has 29 heavy (non-hydrogen) atoms. The van der Waals surface area contributed by atoms with E-state index >= 15 is 0 Å². The topological polar surface area (TPSA) is 26.0 Å². The van der Waals surface area contributed by atoms with E-state index in [1.165, 1.54) is 17.0 Å². The van der Waals surface area contributed by atoms with E-state index in [1.54, 1.807) is 0 Å². The Morgan fingerprint density at radius 2 is 1.72 bits per heavy atom. The van der Waals surface area contributed by atoms with Crippen LogP contribution < -0.4 is 0 Å². The van der Waals surface area contributed by atoms with Gasteiger partial charge >= 0.3 is 6.18 Å². The van der Waals surface area contributed by atoms with Crippen LogP contribution in [0, 0.1) is 0 Å². The van der Waals surface area contributed by atoms with Gasteiger partial charge in [-0.15, -0.1) is 0 Å². The molecule has 0 amide bonds. The monoisotopic (exact) mass is 387 g/mol. The summed E-state index contributed by atoms with van der Waals surface area (Å²) in [5, 5.41) is 4.24. The summed E-state index contributed by atoms with van der Waals surface area (Å²) in [6, 6.07) is 16.3. The minimum absolute atomic E-state index is 0.444. The van der Waals surface area contributed by atoms with Crippen LogP contribution in [0.3, 0.4) is 0 Å². The van der Waals surface area contributed by atoms with Crippen molar-refractivity contribution >= 4 is 44.9 Å². The van der Waals surface area contributed by atoms with E-state index in [1.807, 2.05) is 30.3 Å². The normalized spacial score (nSPS) is 13.2. The molecule has 3 aromatic carbocycles. The first-order valence-corrected chi connectivity index (χ1v) is 9.13. The quantitative estimate of drug-likeness (QED) is 0.296. The van der Waals surface area contributed by atoms with E-state index < -0.39 is 11.7 Å². The number of hydrogen-bond acceptors (Lipinski definition) is 2. The highest BCUT2D eigenvalue weighted by atomic mass is 19.4. The maximum absolute atomic E-state index is 12.9. The first kappa shape index (κ1) is 16.4. The summed E-state index contributed by atoms with van der Waals surface area (Å²) < 4.78 is 44.8. The summed E-state index contributed by atoms with van der Waals surface area (Å²) in [7, 11) is 0. The second-order valence-electron chi connectivity index (χ2n) is 7.16. The zero-order chi connectivity index (χ0) is 19.8. The molecule has 2 heterocycles. The lowest BCUT2D eigenvalue weighted by Gasteiger charge is -2.07. The number of furan rings is 1. The van der Waals surface area contributed by atoms with Crippen LogP contribution >= 0.6 is 0 Å². The van der Waals surface area contributed by atoms with Crippen LogP contribution in [-0.2, 0) is 6.18 Å². The van der Waals surface area contributed by atoms with Gasteiger partial charge in [0, 0.05) is 22.5 Å². The van der Waals surface area contributed by atoms with Gasteiger partial charge in [0.15, 0.2) is 0 Å².